The van der Waals surface area contributed by atoms with E-state index in [4.69, 9.17) is 28.4 Å². The number of rotatable bonds is 10. The Kier molecular flexibility index (Phi) is 10.1. The van der Waals surface area contributed by atoms with E-state index < -0.39 is 72.7 Å². The van der Waals surface area contributed by atoms with Crippen molar-refractivity contribution in [2.45, 2.75) is 78.3 Å². The van der Waals surface area contributed by atoms with Crippen LogP contribution in [0.1, 0.15) is 53.9 Å². The van der Waals surface area contributed by atoms with Gasteiger partial charge in [-0.2, -0.15) is 0 Å². The van der Waals surface area contributed by atoms with Gasteiger partial charge in [0.1, 0.15) is 18.3 Å². The summed E-state index contributed by atoms with van der Waals surface area (Å²) < 4.78 is 31.9. The van der Waals surface area contributed by atoms with Crippen LogP contribution in [0, 0.1) is 5.92 Å². The minimum absolute atomic E-state index is 0.0352. The maximum atomic E-state index is 12.9. The third-order valence-corrected chi connectivity index (χ3v) is 5.33. The van der Waals surface area contributed by atoms with E-state index in [0.717, 1.165) is 34.6 Å². The Balaban J connectivity index is 2.71. The number of esters is 5. The molecule has 0 aromatic rings. The molecule has 0 saturated heterocycles. The molecule has 1 N–H and O–H groups in total. The number of ketones is 1. The summed E-state index contributed by atoms with van der Waals surface area (Å²) in [5.74, 6) is -6.37. The van der Waals surface area contributed by atoms with Crippen LogP contribution < -0.4 is 0 Å². The number of carbonyl (C=O) groups excluding carboxylic acids is 6. The van der Waals surface area contributed by atoms with Crippen molar-refractivity contribution in [1.29, 1.82) is 0 Å². The molecule has 0 saturated carbocycles. The molecule has 0 bridgehead atoms. The topological polar surface area (TPSA) is 190 Å². The Hall–Kier alpha value is -3.97. The highest BCUT2D eigenvalue weighted by atomic mass is 16.6. The first kappa shape index (κ1) is 29.3. The molecule has 0 amide bonds. The van der Waals surface area contributed by atoms with Crippen LogP contribution in [0.2, 0.25) is 0 Å². The quantitative estimate of drug-likeness (QED) is 0.181. The molecule has 0 fully saturated rings. The van der Waals surface area contributed by atoms with Crippen LogP contribution in [-0.4, -0.2) is 77.8 Å². The van der Waals surface area contributed by atoms with E-state index in [9.17, 15) is 34.0 Å². The summed E-state index contributed by atoms with van der Waals surface area (Å²) >= 11 is 0. The average molecular weight is 527 g/mol. The second kappa shape index (κ2) is 12.8. The zero-order chi connectivity index (χ0) is 27.9. The average Bonchev–Trinajstić information content (AvgIpc) is 3.16. The van der Waals surface area contributed by atoms with E-state index in [1.807, 2.05) is 0 Å². The number of oxime groups is 1. The molecule has 37 heavy (non-hydrogen) atoms. The minimum atomic E-state index is -1.75. The normalized spacial score (nSPS) is 21.1. The number of allylic oxidation sites excluding steroid dienone is 1. The van der Waals surface area contributed by atoms with Gasteiger partial charge < -0.3 is 33.6 Å². The van der Waals surface area contributed by atoms with Gasteiger partial charge in [0.25, 0.3) is 0 Å². The maximum absolute atomic E-state index is 12.9. The van der Waals surface area contributed by atoms with Gasteiger partial charge in [-0.1, -0.05) is 5.16 Å². The molecule has 0 aromatic heterocycles. The molecule has 0 radical (unpaired) electrons. The monoisotopic (exact) mass is 527 g/mol. The summed E-state index contributed by atoms with van der Waals surface area (Å²) in [7, 11) is 0. The first-order valence-electron chi connectivity index (χ1n) is 11.3. The zero-order valence-corrected chi connectivity index (χ0v) is 21.0. The van der Waals surface area contributed by atoms with Crippen molar-refractivity contribution < 1.29 is 62.4 Å². The molecule has 1 aliphatic heterocycles. The predicted molar refractivity (Wildman–Crippen MR) is 119 cm³/mol. The number of hydrogen-bond acceptors (Lipinski definition) is 14. The highest BCUT2D eigenvalue weighted by Gasteiger charge is 2.54. The molecule has 2 rings (SSSR count). The van der Waals surface area contributed by atoms with Gasteiger partial charge in [-0.15, -0.1) is 0 Å². The number of nitrogens with zero attached hydrogens (tertiary/aromatic N) is 1. The minimum Gasteiger partial charge on any atom is -0.462 e. The fourth-order valence-corrected chi connectivity index (χ4v) is 4.17. The molecule has 0 unspecified atom stereocenters. The summed E-state index contributed by atoms with van der Waals surface area (Å²) in [6.07, 6.45) is -5.77. The summed E-state index contributed by atoms with van der Waals surface area (Å²) in [5.41, 5.74) is 0.0352. The lowest BCUT2D eigenvalue weighted by Crippen LogP contribution is -2.56. The number of hydrogen-bond donors (Lipinski definition) is 1. The Morgan fingerprint density at radius 3 is 1.95 bits per heavy atom. The van der Waals surface area contributed by atoms with Crippen LogP contribution >= 0.6 is 0 Å². The molecule has 1 heterocycles. The molecule has 1 aliphatic carbocycles. The summed E-state index contributed by atoms with van der Waals surface area (Å²) in [4.78, 5) is 72.6. The Bertz CT molecular complexity index is 1010. The van der Waals surface area contributed by atoms with E-state index in [0.29, 0.717) is 12.8 Å². The molecule has 14 nitrogen and oxygen atoms in total. The molecular formula is C23H29NO13. The second-order valence-electron chi connectivity index (χ2n) is 8.30. The third-order valence-electron chi connectivity index (χ3n) is 5.33. The van der Waals surface area contributed by atoms with Crippen molar-refractivity contribution in [3.8, 4) is 0 Å². The van der Waals surface area contributed by atoms with Gasteiger partial charge in [0.05, 0.1) is 0 Å². The first-order valence-corrected chi connectivity index (χ1v) is 11.3. The molecule has 204 valence electrons. The Labute approximate surface area is 211 Å². The largest absolute Gasteiger partial charge is 0.462 e. The molecule has 2 aliphatic rings. The van der Waals surface area contributed by atoms with Crippen molar-refractivity contribution in [2.75, 3.05) is 6.61 Å². The van der Waals surface area contributed by atoms with Crippen molar-refractivity contribution in [3.63, 3.8) is 0 Å². The van der Waals surface area contributed by atoms with Crippen LogP contribution in [0.5, 0.6) is 0 Å². The maximum Gasteiger partial charge on any atom is 0.303 e. The fraction of sp³-hybridized carbons (Fsp3) is 0.609. The highest BCUT2D eigenvalue weighted by molar-refractivity contribution is 6.05. The fourth-order valence-electron chi connectivity index (χ4n) is 4.17. The third kappa shape index (κ3) is 7.75. The van der Waals surface area contributed by atoms with Gasteiger partial charge in [0, 0.05) is 53.0 Å². The van der Waals surface area contributed by atoms with Crippen LogP contribution in [-0.2, 0) is 57.2 Å². The lowest BCUT2D eigenvalue weighted by molar-refractivity contribution is -0.204. The lowest BCUT2D eigenvalue weighted by Gasteiger charge is -2.37. The van der Waals surface area contributed by atoms with Crippen molar-refractivity contribution in [1.82, 2.24) is 0 Å². The van der Waals surface area contributed by atoms with Gasteiger partial charge in [-0.3, -0.25) is 28.8 Å². The predicted octanol–water partition coefficient (Wildman–Crippen LogP) is 0.718. The van der Waals surface area contributed by atoms with E-state index in [2.05, 4.69) is 5.16 Å². The van der Waals surface area contributed by atoms with Crippen molar-refractivity contribution in [3.05, 3.63) is 11.3 Å². The lowest BCUT2D eigenvalue weighted by atomic mass is 9.82. The van der Waals surface area contributed by atoms with Crippen molar-refractivity contribution >= 4 is 41.5 Å². The number of ether oxygens (including phenoxy) is 6. The standard InChI is InChI=1S/C23H29NO13/c1-10(25)32-9-17(33-11(2)26)20(34-12(3)27)22(36-14(5)29)21(35-13(4)28)19-18-15(30)7-6-8-16(18)37-23(19)24-31/h17,19-22,31H,6-9H2,1-5H3/b24-23-/t17-,19+,20+,21+,22+/m0/s1. The second-order valence-corrected chi connectivity index (χ2v) is 8.30. The Morgan fingerprint density at radius 1 is 0.865 bits per heavy atom. The van der Waals surface area contributed by atoms with Gasteiger partial charge in [-0.05, 0) is 6.42 Å². The summed E-state index contributed by atoms with van der Waals surface area (Å²) in [6, 6.07) is 0. The highest BCUT2D eigenvalue weighted by Crippen LogP contribution is 2.40. The first-order chi connectivity index (χ1) is 17.3. The summed E-state index contributed by atoms with van der Waals surface area (Å²) in [6.45, 7) is 4.55. The van der Waals surface area contributed by atoms with E-state index >= 15 is 0 Å². The molecule has 14 heteroatoms. The van der Waals surface area contributed by atoms with Crippen molar-refractivity contribution in [2.24, 2.45) is 11.1 Å². The SMILES string of the molecule is CC(=O)OC[C@H](OC(C)=O)[C@@H](OC(C)=O)[C@@H](OC(C)=O)[C@H](OC(C)=O)[C@H]1C2=C(CCCC2=O)O/C1=N\O. The molecule has 5 atom stereocenters. The summed E-state index contributed by atoms with van der Waals surface area (Å²) in [5, 5.41) is 12.7. The van der Waals surface area contributed by atoms with Gasteiger partial charge in [0.15, 0.2) is 30.2 Å². The van der Waals surface area contributed by atoms with Crippen LogP contribution in [0.4, 0.5) is 0 Å². The van der Waals surface area contributed by atoms with Crippen LogP contribution in [0.25, 0.3) is 0 Å². The van der Waals surface area contributed by atoms with Crippen LogP contribution in [0.3, 0.4) is 0 Å². The van der Waals surface area contributed by atoms with Crippen LogP contribution in [0.15, 0.2) is 16.5 Å². The van der Waals surface area contributed by atoms with E-state index in [1.54, 1.807) is 0 Å². The van der Waals surface area contributed by atoms with E-state index in [-0.39, 0.29) is 23.5 Å². The number of carbonyl (C=O) groups is 6. The number of Topliss-reactive ketones (excluding diaryl/α,β-unsaturated/α-hetero) is 1. The molecule has 0 aromatic carbocycles. The van der Waals surface area contributed by atoms with Gasteiger partial charge >= 0.3 is 29.8 Å². The Morgan fingerprint density at radius 2 is 1.43 bits per heavy atom. The van der Waals surface area contributed by atoms with Gasteiger partial charge in [-0.25, -0.2) is 0 Å². The van der Waals surface area contributed by atoms with Gasteiger partial charge in [0.2, 0.25) is 5.90 Å². The zero-order valence-electron chi connectivity index (χ0n) is 21.0. The van der Waals surface area contributed by atoms with E-state index in [1.165, 1.54) is 0 Å². The molecular weight excluding hydrogens is 498 g/mol. The smallest absolute Gasteiger partial charge is 0.303 e. The molecule has 0 spiro atoms.